The fourth-order valence-electron chi connectivity index (χ4n) is 3.55. The number of rotatable bonds is 6. The molecule has 0 aliphatic carbocycles. The maximum Gasteiger partial charge on any atom is 0.325 e. The van der Waals surface area contributed by atoms with Crippen LogP contribution in [0.1, 0.15) is 22.7 Å². The summed E-state index contributed by atoms with van der Waals surface area (Å²) in [5, 5.41) is 9.70. The van der Waals surface area contributed by atoms with Gasteiger partial charge in [-0.1, -0.05) is 24.3 Å². The number of benzene rings is 2. The van der Waals surface area contributed by atoms with E-state index >= 15 is 0 Å². The van der Waals surface area contributed by atoms with Gasteiger partial charge in [-0.05, 0) is 36.2 Å². The van der Waals surface area contributed by atoms with E-state index in [2.05, 4.69) is 11.0 Å². The zero-order valence-corrected chi connectivity index (χ0v) is 15.7. The highest BCUT2D eigenvalue weighted by atomic mass is 19.1. The standard InChI is InChI=1S/C21H25FN2O3/c1-15-6-7-18(19(22)12-15)20(21(25)26)24-10-8-23(9-11-24)14-16-4-3-5-17(13-16)27-2/h3-7,12-13,20H,8-11,14H2,1-2H3,(H,25,26). The minimum Gasteiger partial charge on any atom is -0.497 e. The first-order chi connectivity index (χ1) is 13.0. The maximum atomic E-state index is 14.3. The van der Waals surface area contributed by atoms with Crippen molar-refractivity contribution in [2.45, 2.75) is 19.5 Å². The van der Waals surface area contributed by atoms with E-state index in [1.165, 1.54) is 6.07 Å². The van der Waals surface area contributed by atoms with Crippen molar-refractivity contribution in [3.05, 3.63) is 65.0 Å². The number of aliphatic carboxylic acids is 1. The van der Waals surface area contributed by atoms with Gasteiger partial charge in [0.05, 0.1) is 7.11 Å². The molecule has 0 spiro atoms. The first-order valence-corrected chi connectivity index (χ1v) is 9.06. The van der Waals surface area contributed by atoms with Crippen LogP contribution in [0.3, 0.4) is 0 Å². The van der Waals surface area contributed by atoms with Gasteiger partial charge in [0, 0.05) is 38.3 Å². The van der Waals surface area contributed by atoms with Crippen LogP contribution in [-0.2, 0) is 11.3 Å². The zero-order chi connectivity index (χ0) is 19.4. The molecule has 2 aromatic carbocycles. The van der Waals surface area contributed by atoms with Crippen LogP contribution in [-0.4, -0.2) is 54.2 Å². The molecular weight excluding hydrogens is 347 g/mol. The molecule has 5 nitrogen and oxygen atoms in total. The van der Waals surface area contributed by atoms with Crippen molar-refractivity contribution in [1.82, 2.24) is 9.80 Å². The van der Waals surface area contributed by atoms with Crippen molar-refractivity contribution < 1.29 is 19.0 Å². The third kappa shape index (κ3) is 4.64. The molecule has 1 aliphatic heterocycles. The molecule has 0 bridgehead atoms. The molecule has 1 aliphatic rings. The number of methoxy groups -OCH3 is 1. The molecule has 1 saturated heterocycles. The highest BCUT2D eigenvalue weighted by Crippen LogP contribution is 2.26. The second kappa shape index (κ2) is 8.50. The molecule has 0 saturated carbocycles. The lowest BCUT2D eigenvalue weighted by atomic mass is 10.0. The van der Waals surface area contributed by atoms with Crippen LogP contribution in [0.15, 0.2) is 42.5 Å². The van der Waals surface area contributed by atoms with E-state index in [4.69, 9.17) is 4.74 Å². The van der Waals surface area contributed by atoms with Crippen molar-refractivity contribution in [2.24, 2.45) is 0 Å². The highest BCUT2D eigenvalue weighted by molar-refractivity contribution is 5.75. The normalized spacial score (nSPS) is 16.9. The fourth-order valence-corrected chi connectivity index (χ4v) is 3.55. The second-order valence-electron chi connectivity index (χ2n) is 6.93. The molecule has 0 aromatic heterocycles. The monoisotopic (exact) mass is 372 g/mol. The summed E-state index contributed by atoms with van der Waals surface area (Å²) >= 11 is 0. The fraction of sp³-hybridized carbons (Fsp3) is 0.381. The lowest BCUT2D eigenvalue weighted by Gasteiger charge is -2.38. The third-order valence-corrected chi connectivity index (χ3v) is 5.00. The molecule has 1 atom stereocenters. The molecule has 6 heteroatoms. The first kappa shape index (κ1) is 19.3. The number of ether oxygens (including phenoxy) is 1. The van der Waals surface area contributed by atoms with Gasteiger partial charge >= 0.3 is 5.97 Å². The van der Waals surface area contributed by atoms with Gasteiger partial charge in [0.15, 0.2) is 0 Å². The summed E-state index contributed by atoms with van der Waals surface area (Å²) in [4.78, 5) is 16.0. The molecule has 27 heavy (non-hydrogen) atoms. The van der Waals surface area contributed by atoms with Gasteiger partial charge in [-0.25, -0.2) is 4.39 Å². The molecule has 3 rings (SSSR count). The number of hydrogen-bond acceptors (Lipinski definition) is 4. The Morgan fingerprint density at radius 1 is 1.19 bits per heavy atom. The van der Waals surface area contributed by atoms with Crippen LogP contribution in [0.2, 0.25) is 0 Å². The number of carbonyl (C=O) groups is 1. The Hall–Kier alpha value is -2.44. The molecule has 1 fully saturated rings. The van der Waals surface area contributed by atoms with Crippen molar-refractivity contribution in [1.29, 1.82) is 0 Å². The van der Waals surface area contributed by atoms with Gasteiger partial charge in [-0.3, -0.25) is 14.6 Å². The minimum atomic E-state index is -1.01. The Morgan fingerprint density at radius 3 is 2.56 bits per heavy atom. The molecule has 1 N–H and O–H groups in total. The van der Waals surface area contributed by atoms with E-state index in [0.717, 1.165) is 36.5 Å². The Balaban J connectivity index is 1.66. The molecule has 1 heterocycles. The van der Waals surface area contributed by atoms with Crippen molar-refractivity contribution in [2.75, 3.05) is 33.3 Å². The Morgan fingerprint density at radius 2 is 1.93 bits per heavy atom. The lowest BCUT2D eigenvalue weighted by molar-refractivity contribution is -0.144. The van der Waals surface area contributed by atoms with Crippen LogP contribution < -0.4 is 4.74 Å². The molecule has 0 amide bonds. The van der Waals surface area contributed by atoms with E-state index in [1.54, 1.807) is 26.2 Å². The van der Waals surface area contributed by atoms with Crippen LogP contribution in [0, 0.1) is 12.7 Å². The molecule has 2 aromatic rings. The molecule has 0 radical (unpaired) electrons. The number of halogens is 1. The zero-order valence-electron chi connectivity index (χ0n) is 15.7. The van der Waals surface area contributed by atoms with E-state index in [9.17, 15) is 14.3 Å². The van der Waals surface area contributed by atoms with Crippen molar-refractivity contribution >= 4 is 5.97 Å². The van der Waals surface area contributed by atoms with Gasteiger partial charge in [-0.15, -0.1) is 0 Å². The summed E-state index contributed by atoms with van der Waals surface area (Å²) in [5.74, 6) is -0.646. The number of aryl methyl sites for hydroxylation is 1. The van der Waals surface area contributed by atoms with Gasteiger partial charge in [-0.2, -0.15) is 0 Å². The Bertz CT molecular complexity index is 804. The largest absolute Gasteiger partial charge is 0.497 e. The number of carboxylic acid groups (broad SMARTS) is 1. The topological polar surface area (TPSA) is 53.0 Å². The summed E-state index contributed by atoms with van der Waals surface area (Å²) < 4.78 is 19.6. The van der Waals surface area contributed by atoms with Crippen LogP contribution in [0.25, 0.3) is 0 Å². The third-order valence-electron chi connectivity index (χ3n) is 5.00. The minimum absolute atomic E-state index is 0.231. The van der Waals surface area contributed by atoms with Crippen LogP contribution in [0.5, 0.6) is 5.75 Å². The number of carboxylic acids is 1. The SMILES string of the molecule is COc1cccc(CN2CCN(C(C(=O)O)c3ccc(C)cc3F)CC2)c1. The summed E-state index contributed by atoms with van der Waals surface area (Å²) in [6.45, 7) is 5.19. The smallest absolute Gasteiger partial charge is 0.325 e. The van der Waals surface area contributed by atoms with Gasteiger partial charge in [0.25, 0.3) is 0 Å². The average molecular weight is 372 g/mol. The van der Waals surface area contributed by atoms with Gasteiger partial charge in [0.1, 0.15) is 17.6 Å². The summed E-state index contributed by atoms with van der Waals surface area (Å²) in [7, 11) is 1.65. The van der Waals surface area contributed by atoms with E-state index < -0.39 is 17.8 Å². The first-order valence-electron chi connectivity index (χ1n) is 9.06. The average Bonchev–Trinajstić information content (AvgIpc) is 2.65. The van der Waals surface area contributed by atoms with Gasteiger partial charge < -0.3 is 9.84 Å². The second-order valence-corrected chi connectivity index (χ2v) is 6.93. The lowest BCUT2D eigenvalue weighted by Crippen LogP contribution is -2.49. The maximum absolute atomic E-state index is 14.3. The van der Waals surface area contributed by atoms with Gasteiger partial charge in [0.2, 0.25) is 0 Å². The predicted octanol–water partition coefficient (Wildman–Crippen LogP) is 3.09. The van der Waals surface area contributed by atoms with Crippen molar-refractivity contribution in [3.63, 3.8) is 0 Å². The molecule has 1 unspecified atom stereocenters. The summed E-state index contributed by atoms with van der Waals surface area (Å²) in [5.41, 5.74) is 2.17. The van der Waals surface area contributed by atoms with Crippen LogP contribution in [0.4, 0.5) is 4.39 Å². The highest BCUT2D eigenvalue weighted by Gasteiger charge is 2.32. The predicted molar refractivity (Wildman–Crippen MR) is 101 cm³/mol. The number of nitrogens with zero attached hydrogens (tertiary/aromatic N) is 2. The van der Waals surface area contributed by atoms with E-state index in [-0.39, 0.29) is 5.56 Å². The summed E-state index contributed by atoms with van der Waals surface area (Å²) in [6, 6.07) is 11.7. The number of hydrogen-bond donors (Lipinski definition) is 1. The molecular formula is C21H25FN2O3. The Kier molecular flexibility index (Phi) is 6.08. The quantitative estimate of drug-likeness (QED) is 0.845. The van der Waals surface area contributed by atoms with E-state index in [1.807, 2.05) is 23.1 Å². The van der Waals surface area contributed by atoms with E-state index in [0.29, 0.717) is 13.1 Å². The number of piperazine rings is 1. The van der Waals surface area contributed by atoms with Crippen molar-refractivity contribution in [3.8, 4) is 5.75 Å². The Labute approximate surface area is 159 Å². The molecule has 144 valence electrons. The summed E-state index contributed by atoms with van der Waals surface area (Å²) in [6.07, 6.45) is 0. The van der Waals surface area contributed by atoms with Crippen LogP contribution >= 0.6 is 0 Å².